The first-order chi connectivity index (χ1) is 13.4. The number of benzene rings is 1. The molecule has 1 aromatic rings. The van der Waals surface area contributed by atoms with Gasteiger partial charge in [-0.05, 0) is 81.0 Å². The van der Waals surface area contributed by atoms with E-state index in [0.717, 1.165) is 43.6 Å². The van der Waals surface area contributed by atoms with E-state index in [4.69, 9.17) is 0 Å². The maximum Gasteiger partial charge on any atom is 0.149 e. The Balaban J connectivity index is 1.68. The van der Waals surface area contributed by atoms with Crippen molar-refractivity contribution in [3.8, 4) is 5.75 Å². The number of nitrogens with zero attached hydrogens (tertiary/aromatic N) is 1. The number of carbonyl (C=O) groups excluding carboxylic acids is 1. The van der Waals surface area contributed by atoms with E-state index in [2.05, 4.69) is 37.9 Å². The van der Waals surface area contributed by atoms with Crippen molar-refractivity contribution in [3.63, 3.8) is 0 Å². The summed E-state index contributed by atoms with van der Waals surface area (Å²) in [4.78, 5) is 13.9. The molecule has 1 aromatic carbocycles. The third-order valence-corrected chi connectivity index (χ3v) is 7.81. The number of aromatic hydroxyl groups is 1. The summed E-state index contributed by atoms with van der Waals surface area (Å²) in [6.07, 6.45) is 10.8. The van der Waals surface area contributed by atoms with Crippen molar-refractivity contribution in [1.82, 2.24) is 4.90 Å². The van der Waals surface area contributed by atoms with Gasteiger partial charge in [0.2, 0.25) is 0 Å². The van der Waals surface area contributed by atoms with Gasteiger partial charge < -0.3 is 10.0 Å². The Kier molecular flexibility index (Phi) is 5.22. The van der Waals surface area contributed by atoms with Crippen molar-refractivity contribution in [3.05, 3.63) is 53.1 Å². The highest BCUT2D eigenvalue weighted by Gasteiger charge is 2.59. The zero-order valence-corrected chi connectivity index (χ0v) is 17.4. The summed E-state index contributed by atoms with van der Waals surface area (Å²) in [5.41, 5.74) is 3.74. The number of likely N-dealkylation sites (tertiary alicyclic amines) is 1. The molecule has 4 rings (SSSR count). The van der Waals surface area contributed by atoms with E-state index >= 15 is 0 Å². The van der Waals surface area contributed by atoms with Crippen molar-refractivity contribution in [1.29, 1.82) is 0 Å². The molecule has 2 aliphatic carbocycles. The van der Waals surface area contributed by atoms with Crippen molar-refractivity contribution < 1.29 is 9.90 Å². The van der Waals surface area contributed by atoms with E-state index in [-0.39, 0.29) is 5.92 Å². The number of phenolic OH excluding ortho intramolecular Hbond substituents is 1. The Hall–Kier alpha value is -1.87. The summed E-state index contributed by atoms with van der Waals surface area (Å²) in [7, 11) is 2.26. The van der Waals surface area contributed by atoms with E-state index in [0.29, 0.717) is 23.1 Å². The standard InChI is InChI=1S/C25H33NO2/c1-17-15-26(3)18(2)10-22-13-25(17,22)14-24(21-8-5-9-23(28)12-21)20-7-4-6-19(11-20)16-27/h5-6,8-9,11-12,16-18,22,24,28H,4,7,10,13-15H2,1-3H3/t17-,18+,22?,24+,25?/m0/s1. The molecule has 3 aliphatic rings. The number of aldehydes is 1. The smallest absolute Gasteiger partial charge is 0.149 e. The van der Waals surface area contributed by atoms with Crippen LogP contribution in [0.15, 0.2) is 47.6 Å². The minimum absolute atomic E-state index is 0.280. The average molecular weight is 380 g/mol. The Morgan fingerprint density at radius 2 is 2.18 bits per heavy atom. The maximum atomic E-state index is 11.4. The van der Waals surface area contributed by atoms with E-state index < -0.39 is 0 Å². The Morgan fingerprint density at radius 1 is 1.36 bits per heavy atom. The topological polar surface area (TPSA) is 40.5 Å². The van der Waals surface area contributed by atoms with Gasteiger partial charge in [-0.3, -0.25) is 4.79 Å². The zero-order valence-electron chi connectivity index (χ0n) is 17.4. The fourth-order valence-electron chi connectivity index (χ4n) is 5.85. The number of rotatable bonds is 5. The molecule has 1 N–H and O–H groups in total. The second-order valence-corrected chi connectivity index (χ2v) is 9.49. The normalized spacial score (nSPS) is 33.9. The summed E-state index contributed by atoms with van der Waals surface area (Å²) < 4.78 is 0. The molecule has 150 valence electrons. The fraction of sp³-hybridized carbons (Fsp3) is 0.560. The van der Waals surface area contributed by atoms with Crippen LogP contribution in [0.2, 0.25) is 0 Å². The molecule has 3 nitrogen and oxygen atoms in total. The van der Waals surface area contributed by atoms with Gasteiger partial charge in [0.05, 0.1) is 0 Å². The maximum absolute atomic E-state index is 11.4. The van der Waals surface area contributed by atoms with Crippen LogP contribution >= 0.6 is 0 Å². The van der Waals surface area contributed by atoms with Gasteiger partial charge in [0.15, 0.2) is 0 Å². The molecular weight excluding hydrogens is 346 g/mol. The quantitative estimate of drug-likeness (QED) is 0.726. The van der Waals surface area contributed by atoms with Gasteiger partial charge in [-0.2, -0.15) is 0 Å². The van der Waals surface area contributed by atoms with Crippen molar-refractivity contribution in [2.45, 2.75) is 57.9 Å². The number of hydrogen-bond donors (Lipinski definition) is 1. The van der Waals surface area contributed by atoms with Crippen molar-refractivity contribution in [2.24, 2.45) is 17.3 Å². The molecule has 1 aliphatic heterocycles. The molecule has 1 saturated heterocycles. The van der Waals surface area contributed by atoms with E-state index in [1.807, 2.05) is 18.2 Å². The lowest BCUT2D eigenvalue weighted by molar-refractivity contribution is -0.104. The van der Waals surface area contributed by atoms with Gasteiger partial charge in [0, 0.05) is 24.1 Å². The van der Waals surface area contributed by atoms with Crippen LogP contribution < -0.4 is 0 Å². The second-order valence-electron chi connectivity index (χ2n) is 9.49. The van der Waals surface area contributed by atoms with Gasteiger partial charge >= 0.3 is 0 Å². The lowest BCUT2D eigenvalue weighted by Crippen LogP contribution is -2.33. The fourth-order valence-corrected chi connectivity index (χ4v) is 5.85. The summed E-state index contributed by atoms with van der Waals surface area (Å²) in [5, 5.41) is 10.1. The summed E-state index contributed by atoms with van der Waals surface area (Å²) in [6.45, 7) is 5.95. The van der Waals surface area contributed by atoms with Crippen LogP contribution in [-0.4, -0.2) is 35.9 Å². The molecule has 28 heavy (non-hydrogen) atoms. The highest BCUT2D eigenvalue weighted by molar-refractivity contribution is 5.78. The van der Waals surface area contributed by atoms with Gasteiger partial charge in [0.25, 0.3) is 0 Å². The van der Waals surface area contributed by atoms with Crippen molar-refractivity contribution >= 4 is 6.29 Å². The average Bonchev–Trinajstić information content (AvgIpc) is 3.40. The molecule has 0 amide bonds. The zero-order chi connectivity index (χ0) is 19.9. The highest BCUT2D eigenvalue weighted by atomic mass is 16.3. The van der Waals surface area contributed by atoms with Gasteiger partial charge in [-0.15, -0.1) is 0 Å². The van der Waals surface area contributed by atoms with E-state index in [9.17, 15) is 9.90 Å². The molecule has 2 fully saturated rings. The van der Waals surface area contributed by atoms with Crippen LogP contribution in [0, 0.1) is 17.3 Å². The van der Waals surface area contributed by atoms with E-state index in [1.165, 1.54) is 24.0 Å². The summed E-state index contributed by atoms with van der Waals surface area (Å²) in [5.74, 6) is 2.07. The molecule has 5 atom stereocenters. The second kappa shape index (κ2) is 7.51. The lowest BCUT2D eigenvalue weighted by Gasteiger charge is -2.32. The van der Waals surface area contributed by atoms with Gasteiger partial charge in [-0.1, -0.05) is 36.8 Å². The van der Waals surface area contributed by atoms with Crippen LogP contribution in [0.1, 0.15) is 57.4 Å². The van der Waals surface area contributed by atoms with Crippen LogP contribution in [0.4, 0.5) is 0 Å². The first-order valence-electron chi connectivity index (χ1n) is 10.8. The van der Waals surface area contributed by atoms with Crippen molar-refractivity contribution in [2.75, 3.05) is 13.6 Å². The monoisotopic (exact) mass is 379 g/mol. The molecule has 3 heteroatoms. The summed E-state index contributed by atoms with van der Waals surface area (Å²) in [6, 6.07) is 8.42. The number of hydrogen-bond acceptors (Lipinski definition) is 3. The highest BCUT2D eigenvalue weighted by Crippen LogP contribution is 2.66. The predicted molar refractivity (Wildman–Crippen MR) is 113 cm³/mol. The molecule has 0 radical (unpaired) electrons. The largest absolute Gasteiger partial charge is 0.508 e. The van der Waals surface area contributed by atoms with Crippen LogP contribution in [0.25, 0.3) is 0 Å². The minimum Gasteiger partial charge on any atom is -0.508 e. The van der Waals surface area contributed by atoms with Gasteiger partial charge in [-0.25, -0.2) is 0 Å². The number of fused-ring (bicyclic) bond motifs is 1. The summed E-state index contributed by atoms with van der Waals surface area (Å²) >= 11 is 0. The SMILES string of the molecule is C[C@@H]1CC2CC2(C[C@H](C2=CC(C=O)=CCC2)c2cccc(O)c2)[C@@H](C)CN1C. The first-order valence-corrected chi connectivity index (χ1v) is 10.8. The first kappa shape index (κ1) is 19.4. The molecular formula is C25H33NO2. The molecule has 2 unspecified atom stereocenters. The Bertz CT molecular complexity index is 809. The number of phenols is 1. The molecule has 0 spiro atoms. The lowest BCUT2D eigenvalue weighted by atomic mass is 9.73. The molecule has 1 saturated carbocycles. The molecule has 0 bridgehead atoms. The van der Waals surface area contributed by atoms with Crippen LogP contribution in [0.5, 0.6) is 5.75 Å². The number of allylic oxidation sites excluding steroid dienone is 4. The van der Waals surface area contributed by atoms with Crippen LogP contribution in [0.3, 0.4) is 0 Å². The molecule has 0 aromatic heterocycles. The number of carbonyl (C=O) groups is 1. The third-order valence-electron chi connectivity index (χ3n) is 7.81. The van der Waals surface area contributed by atoms with E-state index in [1.54, 1.807) is 6.07 Å². The predicted octanol–water partition coefficient (Wildman–Crippen LogP) is 5.08. The van der Waals surface area contributed by atoms with Crippen LogP contribution in [-0.2, 0) is 4.79 Å². The Labute approximate surface area is 169 Å². The minimum atomic E-state index is 0.280. The molecule has 1 heterocycles. The Morgan fingerprint density at radius 3 is 2.93 bits per heavy atom. The third kappa shape index (κ3) is 3.57. The van der Waals surface area contributed by atoms with Gasteiger partial charge in [0.1, 0.15) is 12.0 Å².